The van der Waals surface area contributed by atoms with Crippen molar-refractivity contribution >= 4 is 5.97 Å². The van der Waals surface area contributed by atoms with Crippen molar-refractivity contribution in [3.8, 4) is 0 Å². The molecule has 0 saturated heterocycles. The number of methoxy groups -OCH3 is 2. The van der Waals surface area contributed by atoms with Gasteiger partial charge in [0.15, 0.2) is 0 Å². The van der Waals surface area contributed by atoms with Crippen LogP contribution in [0.2, 0.25) is 0 Å². The topological polar surface area (TPSA) is 54.0 Å². The molecular weight excluding hydrogens is 452 g/mol. The number of esters is 1. The van der Waals surface area contributed by atoms with E-state index in [2.05, 4.69) is 34.6 Å². The van der Waals surface area contributed by atoms with Crippen LogP contribution < -0.4 is 0 Å². The van der Waals surface area contributed by atoms with E-state index in [4.69, 9.17) is 18.9 Å². The van der Waals surface area contributed by atoms with Gasteiger partial charge >= 0.3 is 5.97 Å². The van der Waals surface area contributed by atoms with Crippen LogP contribution >= 0.6 is 0 Å². The summed E-state index contributed by atoms with van der Waals surface area (Å²) in [5, 5.41) is 0. The van der Waals surface area contributed by atoms with Crippen molar-refractivity contribution in [2.45, 2.75) is 111 Å². The first-order chi connectivity index (χ1) is 17.0. The zero-order valence-electron chi connectivity index (χ0n) is 24.2. The molecule has 1 spiro atoms. The second kappa shape index (κ2) is 9.52. The first kappa shape index (κ1) is 26.9. The lowest BCUT2D eigenvalue weighted by Gasteiger charge is -2.61. The van der Waals surface area contributed by atoms with Gasteiger partial charge in [-0.05, 0) is 104 Å². The summed E-state index contributed by atoms with van der Waals surface area (Å²) in [6.45, 7) is 13.6. The molecule has 0 aromatic rings. The van der Waals surface area contributed by atoms with Crippen LogP contribution in [0.3, 0.4) is 0 Å². The van der Waals surface area contributed by atoms with Gasteiger partial charge in [0.25, 0.3) is 0 Å². The molecule has 0 amide bonds. The second-order valence-corrected chi connectivity index (χ2v) is 14.2. The highest BCUT2D eigenvalue weighted by Crippen LogP contribution is 2.82. The lowest BCUT2D eigenvalue weighted by Crippen LogP contribution is -2.57. The number of rotatable bonds is 9. The van der Waals surface area contributed by atoms with Crippen molar-refractivity contribution < 1.29 is 23.7 Å². The van der Waals surface area contributed by atoms with Crippen molar-refractivity contribution in [2.24, 2.45) is 57.7 Å². The van der Waals surface area contributed by atoms with E-state index in [-0.39, 0.29) is 42.2 Å². The summed E-state index contributed by atoms with van der Waals surface area (Å²) in [5.74, 6) is 4.06. The summed E-state index contributed by atoms with van der Waals surface area (Å²) < 4.78 is 23.8. The summed E-state index contributed by atoms with van der Waals surface area (Å²) in [5.41, 5.74) is 1.22. The van der Waals surface area contributed by atoms with Gasteiger partial charge in [0.2, 0.25) is 0 Å². The van der Waals surface area contributed by atoms with E-state index >= 15 is 0 Å². The minimum Gasteiger partial charge on any atom is -0.459 e. The standard InChI is InChI=1S/C31H52O5/c1-18(2)27(35-17-33-7)28(36-20(4)32)19(3)23-9-10-24-22-15-26(34-8)31-16-21(31)11-14-30(31,6)25(22)12-13-29(23,24)5/h18-19,21-28H,9-17H2,1-8H3/t19-,21-,22-,23+,24-,25-,26+,27+,28+,29+,30+,31-/m0/s1. The molecule has 206 valence electrons. The fraction of sp³-hybridized carbons (Fsp3) is 0.968. The summed E-state index contributed by atoms with van der Waals surface area (Å²) in [6.07, 6.45) is 10.7. The van der Waals surface area contributed by atoms with Crippen LogP contribution in [0.1, 0.15) is 92.9 Å². The molecule has 5 rings (SSSR count). The molecule has 12 atom stereocenters. The maximum Gasteiger partial charge on any atom is 0.303 e. The Labute approximate surface area is 219 Å². The monoisotopic (exact) mass is 504 g/mol. The summed E-state index contributed by atoms with van der Waals surface area (Å²) in [6, 6.07) is 0. The largest absolute Gasteiger partial charge is 0.459 e. The smallest absolute Gasteiger partial charge is 0.303 e. The number of fused-ring (bicyclic) bond motifs is 4. The fourth-order valence-electron chi connectivity index (χ4n) is 11.2. The van der Waals surface area contributed by atoms with Crippen molar-refractivity contribution in [3.63, 3.8) is 0 Å². The highest BCUT2D eigenvalue weighted by atomic mass is 16.7. The average molecular weight is 505 g/mol. The van der Waals surface area contributed by atoms with Crippen molar-refractivity contribution in [2.75, 3.05) is 21.0 Å². The van der Waals surface area contributed by atoms with Gasteiger partial charge in [0.1, 0.15) is 12.9 Å². The predicted octanol–water partition coefficient (Wildman–Crippen LogP) is 6.48. The van der Waals surface area contributed by atoms with E-state index in [1.165, 1.54) is 58.3 Å². The van der Waals surface area contributed by atoms with E-state index < -0.39 is 0 Å². The zero-order chi connectivity index (χ0) is 26.0. The molecule has 5 aliphatic rings. The van der Waals surface area contributed by atoms with Gasteiger partial charge in [0.05, 0.1) is 12.2 Å². The average Bonchev–Trinajstić information content (AvgIpc) is 3.33. The molecule has 0 heterocycles. The highest BCUT2D eigenvalue weighted by molar-refractivity contribution is 5.66. The van der Waals surface area contributed by atoms with Crippen molar-refractivity contribution in [3.05, 3.63) is 0 Å². The normalized spacial score (nSPS) is 47.4. The molecule has 5 heteroatoms. The second-order valence-electron chi connectivity index (χ2n) is 14.2. The van der Waals surface area contributed by atoms with E-state index in [9.17, 15) is 4.79 Å². The lowest BCUT2D eigenvalue weighted by atomic mass is 9.45. The van der Waals surface area contributed by atoms with Gasteiger partial charge in [-0.3, -0.25) is 4.79 Å². The molecule has 5 saturated carbocycles. The highest BCUT2D eigenvalue weighted by Gasteiger charge is 2.77. The van der Waals surface area contributed by atoms with Gasteiger partial charge in [-0.2, -0.15) is 0 Å². The molecule has 5 nitrogen and oxygen atoms in total. The molecule has 5 aliphatic carbocycles. The van der Waals surface area contributed by atoms with Gasteiger partial charge < -0.3 is 18.9 Å². The quantitative estimate of drug-likeness (QED) is 0.266. The third kappa shape index (κ3) is 3.76. The number of ether oxygens (including phenoxy) is 4. The fourth-order valence-corrected chi connectivity index (χ4v) is 11.2. The number of carbonyl (C=O) groups is 1. The Morgan fingerprint density at radius 2 is 1.72 bits per heavy atom. The first-order valence-corrected chi connectivity index (χ1v) is 14.9. The third-order valence-corrected chi connectivity index (χ3v) is 12.7. The Kier molecular flexibility index (Phi) is 7.12. The molecule has 0 aromatic carbocycles. The number of hydrogen-bond donors (Lipinski definition) is 0. The van der Waals surface area contributed by atoms with Gasteiger partial charge in [-0.1, -0.05) is 34.6 Å². The maximum atomic E-state index is 12.2. The zero-order valence-corrected chi connectivity index (χ0v) is 24.2. The van der Waals surface area contributed by atoms with Crippen LogP contribution in [0, 0.1) is 57.7 Å². The van der Waals surface area contributed by atoms with Crippen LogP contribution in [0.4, 0.5) is 0 Å². The number of carbonyl (C=O) groups excluding carboxylic acids is 1. The molecule has 0 N–H and O–H groups in total. The van der Waals surface area contributed by atoms with E-state index in [0.29, 0.717) is 22.9 Å². The van der Waals surface area contributed by atoms with Gasteiger partial charge in [0, 0.05) is 26.6 Å². The Bertz CT molecular complexity index is 828. The molecule has 0 unspecified atom stereocenters. The van der Waals surface area contributed by atoms with Crippen LogP contribution in [0.25, 0.3) is 0 Å². The van der Waals surface area contributed by atoms with Crippen LogP contribution in [-0.2, 0) is 23.7 Å². The van der Waals surface area contributed by atoms with Gasteiger partial charge in [-0.25, -0.2) is 0 Å². The molecule has 5 fully saturated rings. The lowest BCUT2D eigenvalue weighted by molar-refractivity contribution is -0.186. The maximum absolute atomic E-state index is 12.2. The van der Waals surface area contributed by atoms with Crippen molar-refractivity contribution in [1.82, 2.24) is 0 Å². The first-order valence-electron chi connectivity index (χ1n) is 14.9. The predicted molar refractivity (Wildman–Crippen MR) is 140 cm³/mol. The Morgan fingerprint density at radius 3 is 2.33 bits per heavy atom. The minimum absolute atomic E-state index is 0.167. The van der Waals surface area contributed by atoms with E-state index in [1.807, 2.05) is 7.11 Å². The summed E-state index contributed by atoms with van der Waals surface area (Å²) in [7, 11) is 3.63. The van der Waals surface area contributed by atoms with E-state index in [1.54, 1.807) is 7.11 Å². The Balaban J connectivity index is 1.40. The molecular formula is C31H52O5. The molecule has 0 aliphatic heterocycles. The molecule has 0 radical (unpaired) electrons. The molecule has 36 heavy (non-hydrogen) atoms. The molecule has 0 bridgehead atoms. The van der Waals surface area contributed by atoms with Crippen LogP contribution in [0.5, 0.6) is 0 Å². The minimum atomic E-state index is -0.253. The Hall–Kier alpha value is -0.650. The molecule has 0 aromatic heterocycles. The van der Waals surface area contributed by atoms with Crippen LogP contribution in [0.15, 0.2) is 0 Å². The Morgan fingerprint density at radius 1 is 0.972 bits per heavy atom. The SMILES string of the molecule is COCO[C@H](C(C)C)[C@H](OC(C)=O)[C@@H](C)[C@H]1CC[C@H]2[C@@H]3C[C@@H](OC)[C@]45C[C@@H]4CC[C@]5(C)[C@H]3CC[C@]12C. The number of hydrogen-bond acceptors (Lipinski definition) is 5. The summed E-state index contributed by atoms with van der Waals surface area (Å²) >= 11 is 0. The van der Waals surface area contributed by atoms with Gasteiger partial charge in [-0.15, -0.1) is 0 Å². The summed E-state index contributed by atoms with van der Waals surface area (Å²) in [4.78, 5) is 12.2. The van der Waals surface area contributed by atoms with Crippen LogP contribution in [-0.4, -0.2) is 45.3 Å². The third-order valence-electron chi connectivity index (χ3n) is 12.7. The van der Waals surface area contributed by atoms with E-state index in [0.717, 1.165) is 23.7 Å². The van der Waals surface area contributed by atoms with Crippen molar-refractivity contribution in [1.29, 1.82) is 0 Å².